The SMILES string of the molecule is Nc1cc(C(F)(F)F)c(C(F)(F)F)cc1Br. The first-order valence-electron chi connectivity index (χ1n) is 3.77. The van der Waals surface area contributed by atoms with Crippen molar-refractivity contribution in [2.45, 2.75) is 12.4 Å². The number of benzene rings is 1. The third-order valence-electron chi connectivity index (χ3n) is 1.75. The van der Waals surface area contributed by atoms with Gasteiger partial charge in [-0.3, -0.25) is 0 Å². The molecule has 1 nitrogen and oxygen atoms in total. The van der Waals surface area contributed by atoms with Gasteiger partial charge in [0.15, 0.2) is 0 Å². The first-order valence-corrected chi connectivity index (χ1v) is 4.56. The molecule has 8 heteroatoms. The van der Waals surface area contributed by atoms with Gasteiger partial charge in [0.1, 0.15) is 0 Å². The summed E-state index contributed by atoms with van der Waals surface area (Å²) in [6.07, 6.45) is -10.2. The Morgan fingerprint density at radius 1 is 0.875 bits per heavy atom. The van der Waals surface area contributed by atoms with Crippen molar-refractivity contribution >= 4 is 21.6 Å². The Bertz CT molecular complexity index is 369. The predicted molar refractivity (Wildman–Crippen MR) is 48.6 cm³/mol. The molecular formula is C8H4BrF6N. The average molecular weight is 308 g/mol. The van der Waals surface area contributed by atoms with Crippen LogP contribution in [0.1, 0.15) is 11.1 Å². The standard InChI is InChI=1S/C8H4BrF6N/c9-5-1-3(7(10,11)12)4(2-6(5)16)8(13,14)15/h1-2H,16H2. The van der Waals surface area contributed by atoms with E-state index in [4.69, 9.17) is 5.73 Å². The van der Waals surface area contributed by atoms with Gasteiger partial charge in [-0.1, -0.05) is 0 Å². The number of hydrogen-bond donors (Lipinski definition) is 1. The van der Waals surface area contributed by atoms with E-state index < -0.39 is 29.2 Å². The van der Waals surface area contributed by atoms with Crippen molar-refractivity contribution in [2.75, 3.05) is 5.73 Å². The van der Waals surface area contributed by atoms with Gasteiger partial charge >= 0.3 is 12.4 Å². The quantitative estimate of drug-likeness (QED) is 0.567. The van der Waals surface area contributed by atoms with E-state index in [1.54, 1.807) is 0 Å². The molecule has 1 rings (SSSR count). The minimum atomic E-state index is -5.10. The molecule has 0 aliphatic heterocycles. The summed E-state index contributed by atoms with van der Waals surface area (Å²) in [6, 6.07) is 0.574. The summed E-state index contributed by atoms with van der Waals surface area (Å²) in [4.78, 5) is 0. The Morgan fingerprint density at radius 3 is 1.62 bits per heavy atom. The van der Waals surface area contributed by atoms with Crippen molar-refractivity contribution < 1.29 is 26.3 Å². The molecular weight excluding hydrogens is 304 g/mol. The summed E-state index contributed by atoms with van der Waals surface area (Å²) in [6.45, 7) is 0. The number of nitrogens with two attached hydrogens (primary N) is 1. The van der Waals surface area contributed by atoms with Crippen molar-refractivity contribution in [1.29, 1.82) is 0 Å². The van der Waals surface area contributed by atoms with E-state index in [1.165, 1.54) is 0 Å². The third kappa shape index (κ3) is 2.60. The fraction of sp³-hybridized carbons (Fsp3) is 0.250. The summed E-state index contributed by atoms with van der Waals surface area (Å²) < 4.78 is 73.7. The second-order valence-corrected chi connectivity index (χ2v) is 3.77. The molecule has 0 saturated heterocycles. The predicted octanol–water partition coefficient (Wildman–Crippen LogP) is 4.07. The molecule has 0 fully saturated rings. The van der Waals surface area contributed by atoms with E-state index in [2.05, 4.69) is 15.9 Å². The van der Waals surface area contributed by atoms with E-state index >= 15 is 0 Å². The van der Waals surface area contributed by atoms with Crippen LogP contribution in [0, 0.1) is 0 Å². The Morgan fingerprint density at radius 2 is 1.25 bits per heavy atom. The zero-order valence-corrected chi connectivity index (χ0v) is 8.96. The number of rotatable bonds is 0. The molecule has 1 aromatic rings. The van der Waals surface area contributed by atoms with Crippen LogP contribution in [0.2, 0.25) is 0 Å². The van der Waals surface area contributed by atoms with Crippen LogP contribution < -0.4 is 5.73 Å². The Labute approximate surface area is 94.4 Å². The molecule has 0 atom stereocenters. The molecule has 0 bridgehead atoms. The summed E-state index contributed by atoms with van der Waals surface area (Å²) in [5.74, 6) is 0. The molecule has 0 unspecified atom stereocenters. The molecule has 0 saturated carbocycles. The summed E-state index contributed by atoms with van der Waals surface area (Å²) in [5, 5.41) is 0. The van der Waals surface area contributed by atoms with Gasteiger partial charge in [-0.25, -0.2) is 0 Å². The normalized spacial score (nSPS) is 12.9. The lowest BCUT2D eigenvalue weighted by Gasteiger charge is -2.16. The lowest BCUT2D eigenvalue weighted by atomic mass is 10.1. The number of anilines is 1. The first-order chi connectivity index (χ1) is 7.03. The van der Waals surface area contributed by atoms with E-state index in [0.717, 1.165) is 0 Å². The minimum Gasteiger partial charge on any atom is -0.398 e. The summed E-state index contributed by atoms with van der Waals surface area (Å²) in [5.41, 5.74) is 1.16. The number of halogens is 7. The van der Waals surface area contributed by atoms with Gasteiger partial charge in [0.05, 0.1) is 11.1 Å². The Hall–Kier alpha value is -0.920. The van der Waals surface area contributed by atoms with Crippen LogP contribution in [0.25, 0.3) is 0 Å². The van der Waals surface area contributed by atoms with Crippen LogP contribution in [-0.2, 0) is 12.4 Å². The van der Waals surface area contributed by atoms with Crippen molar-refractivity contribution in [3.05, 3.63) is 27.7 Å². The molecule has 0 aromatic heterocycles. The second kappa shape index (κ2) is 3.83. The van der Waals surface area contributed by atoms with Crippen LogP contribution in [0.4, 0.5) is 32.0 Å². The topological polar surface area (TPSA) is 26.0 Å². The maximum Gasteiger partial charge on any atom is 0.417 e. The fourth-order valence-electron chi connectivity index (χ4n) is 1.06. The highest BCUT2D eigenvalue weighted by Crippen LogP contribution is 2.42. The highest BCUT2D eigenvalue weighted by atomic mass is 79.9. The summed E-state index contributed by atoms with van der Waals surface area (Å²) in [7, 11) is 0. The monoisotopic (exact) mass is 307 g/mol. The highest BCUT2D eigenvalue weighted by molar-refractivity contribution is 9.10. The van der Waals surface area contributed by atoms with Crippen molar-refractivity contribution in [3.8, 4) is 0 Å². The highest BCUT2D eigenvalue weighted by Gasteiger charge is 2.43. The number of nitrogen functional groups attached to an aromatic ring is 1. The van der Waals surface area contributed by atoms with E-state index in [1.807, 2.05) is 0 Å². The lowest BCUT2D eigenvalue weighted by molar-refractivity contribution is -0.162. The van der Waals surface area contributed by atoms with Gasteiger partial charge in [0.25, 0.3) is 0 Å². The zero-order chi connectivity index (χ0) is 12.7. The molecule has 0 aliphatic carbocycles. The van der Waals surface area contributed by atoms with Crippen LogP contribution in [0.3, 0.4) is 0 Å². The van der Waals surface area contributed by atoms with Gasteiger partial charge in [0, 0.05) is 10.2 Å². The lowest BCUT2D eigenvalue weighted by Crippen LogP contribution is -2.17. The van der Waals surface area contributed by atoms with Gasteiger partial charge in [-0.05, 0) is 28.1 Å². The van der Waals surface area contributed by atoms with Gasteiger partial charge < -0.3 is 5.73 Å². The molecule has 90 valence electrons. The van der Waals surface area contributed by atoms with Crippen LogP contribution >= 0.6 is 15.9 Å². The molecule has 0 spiro atoms. The molecule has 1 aromatic carbocycles. The van der Waals surface area contributed by atoms with Crippen LogP contribution in [0.15, 0.2) is 16.6 Å². The molecule has 0 amide bonds. The van der Waals surface area contributed by atoms with Crippen LogP contribution in [0.5, 0.6) is 0 Å². The largest absolute Gasteiger partial charge is 0.417 e. The van der Waals surface area contributed by atoms with Gasteiger partial charge in [-0.15, -0.1) is 0 Å². The maximum atomic E-state index is 12.3. The van der Waals surface area contributed by atoms with Crippen molar-refractivity contribution in [1.82, 2.24) is 0 Å². The Kier molecular flexibility index (Phi) is 3.15. The van der Waals surface area contributed by atoms with Gasteiger partial charge in [0.2, 0.25) is 0 Å². The molecule has 0 radical (unpaired) electrons. The van der Waals surface area contributed by atoms with E-state index in [9.17, 15) is 26.3 Å². The zero-order valence-electron chi connectivity index (χ0n) is 7.38. The van der Waals surface area contributed by atoms with E-state index in [-0.39, 0.29) is 10.5 Å². The molecule has 0 heterocycles. The molecule has 2 N–H and O–H groups in total. The van der Waals surface area contributed by atoms with Crippen LogP contribution in [-0.4, -0.2) is 0 Å². The number of hydrogen-bond acceptors (Lipinski definition) is 1. The fourth-order valence-corrected chi connectivity index (χ4v) is 1.40. The molecule has 0 aliphatic rings. The smallest absolute Gasteiger partial charge is 0.398 e. The van der Waals surface area contributed by atoms with Crippen molar-refractivity contribution in [3.63, 3.8) is 0 Å². The Balaban J connectivity index is 3.53. The molecule has 16 heavy (non-hydrogen) atoms. The summed E-state index contributed by atoms with van der Waals surface area (Å²) >= 11 is 2.65. The van der Waals surface area contributed by atoms with Crippen molar-refractivity contribution in [2.24, 2.45) is 0 Å². The maximum absolute atomic E-state index is 12.3. The third-order valence-corrected chi connectivity index (χ3v) is 2.43. The average Bonchev–Trinajstić information content (AvgIpc) is 2.05. The van der Waals surface area contributed by atoms with Gasteiger partial charge in [-0.2, -0.15) is 26.3 Å². The second-order valence-electron chi connectivity index (χ2n) is 2.91. The minimum absolute atomic E-state index is 0.229. The number of alkyl halides is 6. The first kappa shape index (κ1) is 13.1. The van der Waals surface area contributed by atoms with E-state index in [0.29, 0.717) is 6.07 Å².